The molecule has 6 nitrogen and oxygen atoms in total. The lowest BCUT2D eigenvalue weighted by Crippen LogP contribution is -2.36. The normalized spacial score (nSPS) is 11.3. The van der Waals surface area contributed by atoms with E-state index in [1.807, 2.05) is 56.3 Å². The summed E-state index contributed by atoms with van der Waals surface area (Å²) in [5.74, 6) is 3.04. The third-order valence-corrected chi connectivity index (χ3v) is 4.34. The van der Waals surface area contributed by atoms with Crippen molar-refractivity contribution in [2.75, 3.05) is 7.05 Å². The molecule has 28 heavy (non-hydrogen) atoms. The SMILES string of the molecule is CN=C(NCc1ccc(OCc2ccccc2)cc1)NCc1nc(C)c(C)o1. The molecule has 2 aromatic carbocycles. The molecular weight excluding hydrogens is 352 g/mol. The Morgan fingerprint density at radius 2 is 1.68 bits per heavy atom. The Morgan fingerprint density at radius 3 is 2.32 bits per heavy atom. The number of hydrogen-bond acceptors (Lipinski definition) is 4. The van der Waals surface area contributed by atoms with Gasteiger partial charge in [-0.25, -0.2) is 4.98 Å². The summed E-state index contributed by atoms with van der Waals surface area (Å²) in [6.07, 6.45) is 0. The van der Waals surface area contributed by atoms with Gasteiger partial charge in [-0.15, -0.1) is 0 Å². The second kappa shape index (κ2) is 9.60. The van der Waals surface area contributed by atoms with Crippen LogP contribution >= 0.6 is 0 Å². The molecule has 6 heteroatoms. The van der Waals surface area contributed by atoms with Crippen LogP contribution in [0.1, 0.15) is 28.5 Å². The predicted molar refractivity (Wildman–Crippen MR) is 110 cm³/mol. The third kappa shape index (κ3) is 5.61. The van der Waals surface area contributed by atoms with Crippen LogP contribution in [0.25, 0.3) is 0 Å². The fraction of sp³-hybridized carbons (Fsp3) is 0.273. The van der Waals surface area contributed by atoms with E-state index in [9.17, 15) is 0 Å². The molecule has 0 atom stereocenters. The van der Waals surface area contributed by atoms with Crippen molar-refractivity contribution in [3.8, 4) is 5.75 Å². The molecule has 2 N–H and O–H groups in total. The minimum absolute atomic E-state index is 0.487. The molecule has 0 saturated carbocycles. The maximum absolute atomic E-state index is 5.82. The van der Waals surface area contributed by atoms with Gasteiger partial charge in [0.05, 0.1) is 12.2 Å². The smallest absolute Gasteiger partial charge is 0.214 e. The average Bonchev–Trinajstić information content (AvgIpc) is 3.05. The number of hydrogen-bond donors (Lipinski definition) is 2. The zero-order chi connectivity index (χ0) is 19.8. The summed E-state index contributed by atoms with van der Waals surface area (Å²) in [7, 11) is 1.74. The Hall–Kier alpha value is -3.28. The molecule has 0 spiro atoms. The van der Waals surface area contributed by atoms with Crippen molar-refractivity contribution in [3.63, 3.8) is 0 Å². The highest BCUT2D eigenvalue weighted by molar-refractivity contribution is 5.79. The Kier molecular flexibility index (Phi) is 6.68. The second-order valence-electron chi connectivity index (χ2n) is 6.45. The monoisotopic (exact) mass is 378 g/mol. The number of benzene rings is 2. The van der Waals surface area contributed by atoms with Gasteiger partial charge in [0.15, 0.2) is 5.96 Å². The number of rotatable bonds is 7. The Balaban J connectivity index is 1.45. The van der Waals surface area contributed by atoms with Crippen molar-refractivity contribution in [1.82, 2.24) is 15.6 Å². The molecule has 0 aliphatic rings. The van der Waals surface area contributed by atoms with E-state index in [1.54, 1.807) is 7.05 Å². The number of aromatic nitrogens is 1. The standard InChI is InChI=1S/C22H26N4O2/c1-16-17(2)28-21(26-16)14-25-22(23-3)24-13-18-9-11-20(12-10-18)27-15-19-7-5-4-6-8-19/h4-12H,13-15H2,1-3H3,(H2,23,24,25). The Labute approximate surface area is 165 Å². The van der Waals surface area contributed by atoms with Gasteiger partial charge in [0.1, 0.15) is 18.1 Å². The van der Waals surface area contributed by atoms with Crippen molar-refractivity contribution < 1.29 is 9.15 Å². The number of nitrogens with zero attached hydrogens (tertiary/aromatic N) is 2. The summed E-state index contributed by atoms with van der Waals surface area (Å²) in [6, 6.07) is 18.2. The molecule has 0 fully saturated rings. The summed E-state index contributed by atoms with van der Waals surface area (Å²) in [5, 5.41) is 6.49. The van der Waals surface area contributed by atoms with Crippen molar-refractivity contribution in [2.45, 2.75) is 33.5 Å². The van der Waals surface area contributed by atoms with E-state index in [4.69, 9.17) is 9.15 Å². The van der Waals surface area contributed by atoms with Gasteiger partial charge in [-0.05, 0) is 37.1 Å². The van der Waals surface area contributed by atoms with Crippen LogP contribution in [-0.2, 0) is 19.7 Å². The van der Waals surface area contributed by atoms with E-state index in [1.165, 1.54) is 0 Å². The van der Waals surface area contributed by atoms with E-state index >= 15 is 0 Å². The number of ether oxygens (including phenoxy) is 1. The number of aliphatic imine (C=N–C) groups is 1. The molecule has 0 saturated heterocycles. The molecule has 0 amide bonds. The van der Waals surface area contributed by atoms with E-state index < -0.39 is 0 Å². The molecule has 0 radical (unpaired) electrons. The molecule has 1 aromatic heterocycles. The molecular formula is C22H26N4O2. The summed E-state index contributed by atoms with van der Waals surface area (Å²) in [5.41, 5.74) is 3.20. The van der Waals surface area contributed by atoms with Crippen LogP contribution in [0.5, 0.6) is 5.75 Å². The van der Waals surface area contributed by atoms with Crippen LogP contribution in [-0.4, -0.2) is 18.0 Å². The van der Waals surface area contributed by atoms with Gasteiger partial charge in [0.25, 0.3) is 0 Å². The van der Waals surface area contributed by atoms with Crippen LogP contribution in [0.3, 0.4) is 0 Å². The lowest BCUT2D eigenvalue weighted by atomic mass is 10.2. The lowest BCUT2D eigenvalue weighted by molar-refractivity contribution is 0.306. The van der Waals surface area contributed by atoms with Crippen molar-refractivity contribution in [3.05, 3.63) is 83.1 Å². The highest BCUT2D eigenvalue weighted by atomic mass is 16.5. The van der Waals surface area contributed by atoms with Gasteiger partial charge < -0.3 is 19.8 Å². The van der Waals surface area contributed by atoms with E-state index in [-0.39, 0.29) is 0 Å². The lowest BCUT2D eigenvalue weighted by Gasteiger charge is -2.11. The van der Waals surface area contributed by atoms with Gasteiger partial charge in [-0.3, -0.25) is 4.99 Å². The fourth-order valence-corrected chi connectivity index (χ4v) is 2.62. The van der Waals surface area contributed by atoms with E-state index in [0.717, 1.165) is 28.3 Å². The second-order valence-corrected chi connectivity index (χ2v) is 6.45. The van der Waals surface area contributed by atoms with Crippen molar-refractivity contribution >= 4 is 5.96 Å². The molecule has 0 bridgehead atoms. The molecule has 3 rings (SSSR count). The highest BCUT2D eigenvalue weighted by Crippen LogP contribution is 2.14. The molecule has 0 unspecified atom stereocenters. The summed E-state index contributed by atoms with van der Waals surface area (Å²) in [6.45, 7) is 5.55. The van der Waals surface area contributed by atoms with Crippen LogP contribution in [0.2, 0.25) is 0 Å². The van der Waals surface area contributed by atoms with Crippen LogP contribution < -0.4 is 15.4 Å². The average molecular weight is 378 g/mol. The predicted octanol–water partition coefficient (Wildman–Crippen LogP) is 3.74. The maximum atomic E-state index is 5.82. The van der Waals surface area contributed by atoms with E-state index in [0.29, 0.717) is 31.5 Å². The number of aryl methyl sites for hydroxylation is 2. The van der Waals surface area contributed by atoms with Crippen LogP contribution in [0.15, 0.2) is 64.0 Å². The first-order valence-corrected chi connectivity index (χ1v) is 9.27. The Morgan fingerprint density at radius 1 is 0.964 bits per heavy atom. The number of nitrogens with one attached hydrogen (secondary N) is 2. The van der Waals surface area contributed by atoms with Gasteiger partial charge in [-0.1, -0.05) is 42.5 Å². The van der Waals surface area contributed by atoms with Crippen molar-refractivity contribution in [2.24, 2.45) is 4.99 Å². The first kappa shape index (κ1) is 19.5. The van der Waals surface area contributed by atoms with Crippen LogP contribution in [0.4, 0.5) is 0 Å². The first-order chi connectivity index (χ1) is 13.6. The Bertz CT molecular complexity index is 883. The van der Waals surface area contributed by atoms with Crippen LogP contribution in [0, 0.1) is 13.8 Å². The van der Waals surface area contributed by atoms with E-state index in [2.05, 4.69) is 32.7 Å². The molecule has 0 aliphatic carbocycles. The quantitative estimate of drug-likeness (QED) is 0.484. The van der Waals surface area contributed by atoms with Gasteiger partial charge >= 0.3 is 0 Å². The van der Waals surface area contributed by atoms with Gasteiger partial charge in [-0.2, -0.15) is 0 Å². The highest BCUT2D eigenvalue weighted by Gasteiger charge is 2.06. The zero-order valence-electron chi connectivity index (χ0n) is 16.5. The molecule has 146 valence electrons. The fourth-order valence-electron chi connectivity index (χ4n) is 2.62. The number of oxazole rings is 1. The largest absolute Gasteiger partial charge is 0.489 e. The minimum Gasteiger partial charge on any atom is -0.489 e. The maximum Gasteiger partial charge on any atom is 0.214 e. The molecule has 0 aliphatic heterocycles. The minimum atomic E-state index is 0.487. The summed E-state index contributed by atoms with van der Waals surface area (Å²) < 4.78 is 11.4. The van der Waals surface area contributed by atoms with Gasteiger partial charge in [0.2, 0.25) is 5.89 Å². The van der Waals surface area contributed by atoms with Gasteiger partial charge in [0, 0.05) is 13.6 Å². The van der Waals surface area contributed by atoms with Crippen molar-refractivity contribution in [1.29, 1.82) is 0 Å². The summed E-state index contributed by atoms with van der Waals surface area (Å²) >= 11 is 0. The molecule has 1 heterocycles. The first-order valence-electron chi connectivity index (χ1n) is 9.27. The topological polar surface area (TPSA) is 71.7 Å². The third-order valence-electron chi connectivity index (χ3n) is 4.34. The number of guanidine groups is 1. The molecule has 3 aromatic rings. The zero-order valence-corrected chi connectivity index (χ0v) is 16.5. The summed E-state index contributed by atoms with van der Waals surface area (Å²) in [4.78, 5) is 8.59.